The van der Waals surface area contributed by atoms with E-state index in [1.54, 1.807) is 0 Å². The second kappa shape index (κ2) is 17.2. The van der Waals surface area contributed by atoms with Crippen LogP contribution in [-0.2, 0) is 10.8 Å². The fraction of sp³-hybridized carbons (Fsp3) is 0.400. The summed E-state index contributed by atoms with van der Waals surface area (Å²) >= 11 is 0. The number of benzene rings is 4. The van der Waals surface area contributed by atoms with Gasteiger partial charge >= 0.3 is 0 Å². The van der Waals surface area contributed by atoms with Gasteiger partial charge < -0.3 is 9.80 Å². The van der Waals surface area contributed by atoms with Crippen molar-refractivity contribution in [2.45, 2.75) is 89.9 Å². The molecule has 282 valence electrons. The molecule has 2 heterocycles. The SMILES string of the molecule is CN(C)c1ccc(C=CC2=[N+](CCCCCCCCCC[N+]3=C(C=Cc4ccc(N(C)C)cc4)C(C)(C)c4ccccc43)c3ccccc3C2(C)C)cc1. The molecule has 0 saturated carbocycles. The molecule has 0 N–H and O–H groups in total. The van der Waals surface area contributed by atoms with Gasteiger partial charge in [-0.25, -0.2) is 0 Å². The number of allylic oxidation sites excluding steroid dienone is 2. The van der Waals surface area contributed by atoms with Crippen LogP contribution in [0.3, 0.4) is 0 Å². The van der Waals surface area contributed by atoms with Gasteiger partial charge in [0.15, 0.2) is 11.4 Å². The molecule has 0 bridgehead atoms. The monoisotopic (exact) mass is 721 g/mol. The number of rotatable bonds is 17. The van der Waals surface area contributed by atoms with Gasteiger partial charge in [-0.3, -0.25) is 0 Å². The number of hydrogen-bond acceptors (Lipinski definition) is 2. The van der Waals surface area contributed by atoms with Crippen molar-refractivity contribution in [1.82, 2.24) is 0 Å². The van der Waals surface area contributed by atoms with Gasteiger partial charge in [-0.05, 0) is 88.1 Å². The summed E-state index contributed by atoms with van der Waals surface area (Å²) in [4.78, 5) is 4.30. The van der Waals surface area contributed by atoms with Crippen molar-refractivity contribution in [2.75, 3.05) is 51.1 Å². The summed E-state index contributed by atoms with van der Waals surface area (Å²) in [5.74, 6) is 0. The van der Waals surface area contributed by atoms with Gasteiger partial charge in [0.25, 0.3) is 0 Å². The Morgan fingerprint density at radius 1 is 0.426 bits per heavy atom. The highest BCUT2D eigenvalue weighted by Crippen LogP contribution is 2.41. The van der Waals surface area contributed by atoms with Crippen LogP contribution >= 0.6 is 0 Å². The summed E-state index contributed by atoms with van der Waals surface area (Å²) < 4.78 is 5.19. The third-order valence-corrected chi connectivity index (χ3v) is 11.8. The quantitative estimate of drug-likeness (QED) is 0.0795. The zero-order valence-corrected chi connectivity index (χ0v) is 34.4. The normalized spacial score (nSPS) is 15.8. The van der Waals surface area contributed by atoms with Gasteiger partial charge in [0.05, 0.1) is 10.8 Å². The largest absolute Gasteiger partial charge is 0.378 e. The lowest BCUT2D eigenvalue weighted by Gasteiger charge is -2.15. The minimum absolute atomic E-state index is 0.0172. The summed E-state index contributed by atoms with van der Waals surface area (Å²) in [7, 11) is 8.36. The maximum Gasteiger partial charge on any atom is 0.209 e. The molecule has 0 spiro atoms. The van der Waals surface area contributed by atoms with E-state index in [0.29, 0.717) is 0 Å². The summed E-state index contributed by atoms with van der Waals surface area (Å²) in [5.41, 5.74) is 13.3. The summed E-state index contributed by atoms with van der Waals surface area (Å²) in [6, 6.07) is 35.7. The molecular formula is C50H64N4+2. The maximum atomic E-state index is 2.60. The second-order valence-corrected chi connectivity index (χ2v) is 16.8. The molecule has 54 heavy (non-hydrogen) atoms. The van der Waals surface area contributed by atoms with Crippen molar-refractivity contribution in [3.8, 4) is 0 Å². The van der Waals surface area contributed by atoms with E-state index < -0.39 is 0 Å². The average Bonchev–Trinajstić information content (AvgIpc) is 3.52. The first-order valence-electron chi connectivity index (χ1n) is 20.4. The molecule has 0 atom stereocenters. The highest BCUT2D eigenvalue weighted by Gasteiger charge is 2.45. The van der Waals surface area contributed by atoms with Gasteiger partial charge in [-0.1, -0.05) is 86.3 Å². The minimum atomic E-state index is -0.0172. The number of nitrogens with zero attached hydrogens (tertiary/aromatic N) is 4. The highest BCUT2D eigenvalue weighted by molar-refractivity contribution is 6.06. The number of unbranched alkanes of at least 4 members (excludes halogenated alkanes) is 7. The van der Waals surface area contributed by atoms with Gasteiger partial charge in [-0.2, -0.15) is 9.15 Å². The fourth-order valence-corrected chi connectivity index (χ4v) is 8.48. The molecule has 4 aromatic rings. The smallest absolute Gasteiger partial charge is 0.209 e. The Labute approximate surface area is 326 Å². The standard InChI is InChI=1S/C50H64N4/c1-49(2)43-21-15-17-23-45(43)53(47(49)35-29-39-25-31-41(32-26-39)51(5)6)37-19-13-11-9-10-12-14-20-38-54-46-24-18-16-22-44(46)50(3,4)48(54)36-30-40-27-33-42(34-28-40)52(7)8/h15-18,21-36H,9-14,19-20,37-38H2,1-8H3/q+2. The molecule has 2 aliphatic rings. The molecule has 0 amide bonds. The van der Waals surface area contributed by atoms with E-state index in [1.807, 2.05) is 0 Å². The number of fused-ring (bicyclic) bond motifs is 2. The Morgan fingerprint density at radius 3 is 1.11 bits per heavy atom. The average molecular weight is 721 g/mol. The second-order valence-electron chi connectivity index (χ2n) is 16.8. The predicted octanol–water partition coefficient (Wildman–Crippen LogP) is 11.8. The first-order valence-corrected chi connectivity index (χ1v) is 20.4. The van der Waals surface area contributed by atoms with Crippen LogP contribution < -0.4 is 9.80 Å². The third-order valence-electron chi connectivity index (χ3n) is 11.8. The molecular weight excluding hydrogens is 657 g/mol. The molecule has 0 saturated heterocycles. The number of para-hydroxylation sites is 2. The van der Waals surface area contributed by atoms with Crippen LogP contribution in [0, 0.1) is 0 Å². The van der Waals surface area contributed by atoms with Crippen LogP contribution in [0.15, 0.2) is 109 Å². The lowest BCUT2D eigenvalue weighted by Crippen LogP contribution is -2.27. The lowest BCUT2D eigenvalue weighted by atomic mass is 9.81. The molecule has 0 fully saturated rings. The van der Waals surface area contributed by atoms with Gasteiger partial charge in [0, 0.05) is 87.8 Å². The van der Waals surface area contributed by atoms with Crippen LogP contribution in [0.25, 0.3) is 12.2 Å². The van der Waals surface area contributed by atoms with Crippen molar-refractivity contribution in [3.63, 3.8) is 0 Å². The van der Waals surface area contributed by atoms with E-state index >= 15 is 0 Å². The molecule has 4 aromatic carbocycles. The van der Waals surface area contributed by atoms with E-state index in [4.69, 9.17) is 0 Å². The molecule has 2 aliphatic heterocycles. The Balaban J connectivity index is 0.996. The summed E-state index contributed by atoms with van der Waals surface area (Å²) in [5, 5.41) is 0. The van der Waals surface area contributed by atoms with E-state index in [-0.39, 0.29) is 10.8 Å². The molecule has 0 aromatic heterocycles. The van der Waals surface area contributed by atoms with Crippen molar-refractivity contribution >= 4 is 46.3 Å². The number of hydrogen-bond donors (Lipinski definition) is 0. The van der Waals surface area contributed by atoms with E-state index in [9.17, 15) is 0 Å². The fourth-order valence-electron chi connectivity index (χ4n) is 8.48. The highest BCUT2D eigenvalue weighted by atomic mass is 15.1. The van der Waals surface area contributed by atoms with Crippen molar-refractivity contribution < 1.29 is 9.15 Å². The lowest BCUT2D eigenvalue weighted by molar-refractivity contribution is -0.438. The summed E-state index contributed by atoms with van der Waals surface area (Å²) in [6.07, 6.45) is 19.6. The Hall–Kier alpha value is -4.70. The van der Waals surface area contributed by atoms with E-state index in [2.05, 4.69) is 196 Å². The van der Waals surface area contributed by atoms with Crippen LogP contribution in [0.5, 0.6) is 0 Å². The topological polar surface area (TPSA) is 12.5 Å². The van der Waals surface area contributed by atoms with Crippen LogP contribution in [0.4, 0.5) is 22.7 Å². The Kier molecular flexibility index (Phi) is 12.4. The van der Waals surface area contributed by atoms with Gasteiger partial charge in [0.2, 0.25) is 11.4 Å². The van der Waals surface area contributed by atoms with Gasteiger partial charge in [-0.15, -0.1) is 0 Å². The van der Waals surface area contributed by atoms with Gasteiger partial charge in [0.1, 0.15) is 13.1 Å². The first-order chi connectivity index (χ1) is 26.0. The number of anilines is 2. The van der Waals surface area contributed by atoms with Crippen molar-refractivity contribution in [2.24, 2.45) is 0 Å². The van der Waals surface area contributed by atoms with Crippen LogP contribution in [-0.4, -0.2) is 61.9 Å². The molecule has 6 rings (SSSR count). The molecule has 4 nitrogen and oxygen atoms in total. The molecule has 0 aliphatic carbocycles. The molecule has 0 unspecified atom stereocenters. The minimum Gasteiger partial charge on any atom is -0.378 e. The van der Waals surface area contributed by atoms with Crippen LogP contribution in [0.2, 0.25) is 0 Å². The first kappa shape index (κ1) is 39.0. The third kappa shape index (κ3) is 8.65. The Bertz CT molecular complexity index is 1860. The summed E-state index contributed by atoms with van der Waals surface area (Å²) in [6.45, 7) is 11.7. The Morgan fingerprint density at radius 2 is 0.759 bits per heavy atom. The van der Waals surface area contributed by atoms with Crippen molar-refractivity contribution in [1.29, 1.82) is 0 Å². The van der Waals surface area contributed by atoms with Crippen LogP contribution in [0.1, 0.15) is 101 Å². The molecule has 0 radical (unpaired) electrons. The zero-order chi connectivity index (χ0) is 38.3. The van der Waals surface area contributed by atoms with E-state index in [1.165, 1.54) is 108 Å². The predicted molar refractivity (Wildman–Crippen MR) is 235 cm³/mol. The van der Waals surface area contributed by atoms with Crippen molar-refractivity contribution in [3.05, 3.63) is 131 Å². The molecule has 4 heteroatoms. The zero-order valence-electron chi connectivity index (χ0n) is 34.4. The van der Waals surface area contributed by atoms with E-state index in [0.717, 1.165) is 13.1 Å². The maximum absolute atomic E-state index is 2.60.